The van der Waals surface area contributed by atoms with E-state index in [0.29, 0.717) is 12.0 Å². The predicted octanol–water partition coefficient (Wildman–Crippen LogP) is 2.26. The number of hydrogen-bond acceptors (Lipinski definition) is 3. The van der Waals surface area contributed by atoms with Crippen LogP contribution in [0.5, 0.6) is 0 Å². The molecular formula is C12H22N2O. The Morgan fingerprint density at radius 1 is 1.33 bits per heavy atom. The largest absolute Gasteiger partial charge is 0.463 e. The summed E-state index contributed by atoms with van der Waals surface area (Å²) in [6, 6.07) is 3.91. The van der Waals surface area contributed by atoms with Crippen LogP contribution in [0.15, 0.2) is 16.5 Å². The predicted molar refractivity (Wildman–Crippen MR) is 62.4 cm³/mol. The molecule has 0 saturated heterocycles. The van der Waals surface area contributed by atoms with Crippen LogP contribution < -0.4 is 11.1 Å². The lowest BCUT2D eigenvalue weighted by Crippen LogP contribution is -2.28. The van der Waals surface area contributed by atoms with E-state index in [2.05, 4.69) is 26.1 Å². The fourth-order valence-electron chi connectivity index (χ4n) is 1.28. The Bertz CT molecular complexity index is 292. The van der Waals surface area contributed by atoms with Crippen LogP contribution in [0.4, 0.5) is 0 Å². The summed E-state index contributed by atoms with van der Waals surface area (Å²) in [5.74, 6) is 1.81. The van der Waals surface area contributed by atoms with Crippen molar-refractivity contribution in [1.29, 1.82) is 0 Å². The molecule has 0 aliphatic heterocycles. The summed E-state index contributed by atoms with van der Waals surface area (Å²) < 4.78 is 5.49. The second-order valence-corrected chi connectivity index (χ2v) is 4.69. The SMILES string of the molecule is CCC(C)(C)CNCc1ccc(CN)o1. The van der Waals surface area contributed by atoms with Crippen LogP contribution in [-0.4, -0.2) is 6.54 Å². The minimum atomic E-state index is 0.350. The van der Waals surface area contributed by atoms with Gasteiger partial charge in [-0.25, -0.2) is 0 Å². The zero-order valence-corrected chi connectivity index (χ0v) is 9.97. The molecule has 0 aliphatic carbocycles. The molecule has 15 heavy (non-hydrogen) atoms. The van der Waals surface area contributed by atoms with E-state index < -0.39 is 0 Å². The van der Waals surface area contributed by atoms with E-state index >= 15 is 0 Å². The average Bonchev–Trinajstić information content (AvgIpc) is 2.66. The Morgan fingerprint density at radius 2 is 2.00 bits per heavy atom. The average molecular weight is 210 g/mol. The lowest BCUT2D eigenvalue weighted by atomic mass is 9.90. The molecule has 0 saturated carbocycles. The normalized spacial score (nSPS) is 12.0. The van der Waals surface area contributed by atoms with Crippen molar-refractivity contribution in [2.45, 2.75) is 40.3 Å². The van der Waals surface area contributed by atoms with Crippen molar-refractivity contribution < 1.29 is 4.42 Å². The summed E-state index contributed by atoms with van der Waals surface area (Å²) >= 11 is 0. The van der Waals surface area contributed by atoms with Gasteiger partial charge in [0, 0.05) is 6.54 Å². The molecule has 0 bridgehead atoms. The van der Waals surface area contributed by atoms with Crippen molar-refractivity contribution in [1.82, 2.24) is 5.32 Å². The zero-order valence-electron chi connectivity index (χ0n) is 9.97. The third kappa shape index (κ3) is 4.06. The fraction of sp³-hybridized carbons (Fsp3) is 0.667. The summed E-state index contributed by atoms with van der Waals surface area (Å²) in [6.07, 6.45) is 1.17. The summed E-state index contributed by atoms with van der Waals surface area (Å²) in [4.78, 5) is 0. The minimum absolute atomic E-state index is 0.350. The second-order valence-electron chi connectivity index (χ2n) is 4.69. The first kappa shape index (κ1) is 12.3. The van der Waals surface area contributed by atoms with Crippen molar-refractivity contribution in [2.75, 3.05) is 6.54 Å². The molecule has 1 heterocycles. The van der Waals surface area contributed by atoms with Gasteiger partial charge < -0.3 is 15.5 Å². The van der Waals surface area contributed by atoms with Crippen molar-refractivity contribution in [2.24, 2.45) is 11.1 Å². The van der Waals surface area contributed by atoms with Crippen LogP contribution in [0.1, 0.15) is 38.7 Å². The van der Waals surface area contributed by atoms with Gasteiger partial charge in [-0.2, -0.15) is 0 Å². The van der Waals surface area contributed by atoms with Gasteiger partial charge in [0.15, 0.2) is 0 Å². The maximum atomic E-state index is 5.49. The van der Waals surface area contributed by atoms with Gasteiger partial charge in [-0.3, -0.25) is 0 Å². The lowest BCUT2D eigenvalue weighted by Gasteiger charge is -2.22. The number of nitrogens with one attached hydrogen (secondary N) is 1. The van der Waals surface area contributed by atoms with Gasteiger partial charge in [0.25, 0.3) is 0 Å². The standard InChI is InChI=1S/C12H22N2O/c1-4-12(2,3)9-14-8-11-6-5-10(7-13)15-11/h5-6,14H,4,7-9,13H2,1-3H3. The first-order valence-electron chi connectivity index (χ1n) is 5.56. The quantitative estimate of drug-likeness (QED) is 0.757. The molecule has 0 aliphatic rings. The molecule has 0 unspecified atom stereocenters. The second kappa shape index (κ2) is 5.33. The van der Waals surface area contributed by atoms with E-state index in [1.165, 1.54) is 6.42 Å². The van der Waals surface area contributed by atoms with Crippen LogP contribution >= 0.6 is 0 Å². The third-order valence-electron chi connectivity index (χ3n) is 2.78. The third-order valence-corrected chi connectivity index (χ3v) is 2.78. The summed E-state index contributed by atoms with van der Waals surface area (Å²) in [7, 11) is 0. The van der Waals surface area contributed by atoms with Crippen LogP contribution in [0.2, 0.25) is 0 Å². The van der Waals surface area contributed by atoms with Crippen molar-refractivity contribution >= 4 is 0 Å². The van der Waals surface area contributed by atoms with Crippen molar-refractivity contribution in [3.8, 4) is 0 Å². The molecule has 1 aromatic rings. The highest BCUT2D eigenvalue weighted by Gasteiger charge is 2.14. The Kier molecular flexibility index (Phi) is 4.36. The van der Waals surface area contributed by atoms with Crippen LogP contribution in [0.25, 0.3) is 0 Å². The van der Waals surface area contributed by atoms with Gasteiger partial charge in [0.1, 0.15) is 11.5 Å². The zero-order chi connectivity index (χ0) is 11.3. The Morgan fingerprint density at radius 3 is 2.53 bits per heavy atom. The molecular weight excluding hydrogens is 188 g/mol. The number of furan rings is 1. The van der Waals surface area contributed by atoms with Gasteiger partial charge in [-0.1, -0.05) is 20.8 Å². The summed E-state index contributed by atoms with van der Waals surface area (Å²) in [6.45, 7) is 8.98. The molecule has 0 atom stereocenters. The first-order chi connectivity index (χ1) is 7.07. The minimum Gasteiger partial charge on any atom is -0.463 e. The molecule has 0 fully saturated rings. The topological polar surface area (TPSA) is 51.2 Å². The molecule has 0 amide bonds. The van der Waals surface area contributed by atoms with E-state index in [1.807, 2.05) is 12.1 Å². The molecule has 0 aromatic carbocycles. The number of rotatable bonds is 6. The molecule has 1 aromatic heterocycles. The molecule has 0 radical (unpaired) electrons. The Balaban J connectivity index is 2.31. The Labute approximate surface area is 92.0 Å². The van der Waals surface area contributed by atoms with Crippen molar-refractivity contribution in [3.05, 3.63) is 23.7 Å². The molecule has 3 N–H and O–H groups in total. The van der Waals surface area contributed by atoms with Crippen LogP contribution in [0.3, 0.4) is 0 Å². The molecule has 0 spiro atoms. The summed E-state index contributed by atoms with van der Waals surface area (Å²) in [5.41, 5.74) is 5.82. The highest BCUT2D eigenvalue weighted by molar-refractivity contribution is 5.06. The first-order valence-corrected chi connectivity index (χ1v) is 5.56. The van der Waals surface area contributed by atoms with E-state index in [9.17, 15) is 0 Å². The van der Waals surface area contributed by atoms with E-state index in [-0.39, 0.29) is 0 Å². The Hall–Kier alpha value is -0.800. The van der Waals surface area contributed by atoms with Gasteiger partial charge in [-0.15, -0.1) is 0 Å². The van der Waals surface area contributed by atoms with Gasteiger partial charge in [0.05, 0.1) is 13.1 Å². The summed E-state index contributed by atoms with van der Waals surface area (Å²) in [5, 5.41) is 3.40. The maximum Gasteiger partial charge on any atom is 0.118 e. The molecule has 3 heteroatoms. The van der Waals surface area contributed by atoms with Gasteiger partial charge >= 0.3 is 0 Å². The molecule has 86 valence electrons. The monoisotopic (exact) mass is 210 g/mol. The van der Waals surface area contributed by atoms with Gasteiger partial charge in [-0.05, 0) is 24.0 Å². The van der Waals surface area contributed by atoms with Crippen molar-refractivity contribution in [3.63, 3.8) is 0 Å². The van der Waals surface area contributed by atoms with Crippen LogP contribution in [0, 0.1) is 5.41 Å². The van der Waals surface area contributed by atoms with E-state index in [4.69, 9.17) is 10.2 Å². The van der Waals surface area contributed by atoms with E-state index in [0.717, 1.165) is 24.6 Å². The highest BCUT2D eigenvalue weighted by Crippen LogP contribution is 2.18. The lowest BCUT2D eigenvalue weighted by molar-refractivity contribution is 0.319. The number of hydrogen-bond donors (Lipinski definition) is 2. The maximum absolute atomic E-state index is 5.49. The molecule has 3 nitrogen and oxygen atoms in total. The molecule has 1 rings (SSSR count). The highest BCUT2D eigenvalue weighted by atomic mass is 16.3. The number of nitrogens with two attached hydrogens (primary N) is 1. The smallest absolute Gasteiger partial charge is 0.118 e. The fourth-order valence-corrected chi connectivity index (χ4v) is 1.28. The van der Waals surface area contributed by atoms with E-state index in [1.54, 1.807) is 0 Å². The van der Waals surface area contributed by atoms with Gasteiger partial charge in [0.2, 0.25) is 0 Å². The van der Waals surface area contributed by atoms with Crippen LogP contribution in [-0.2, 0) is 13.1 Å².